The van der Waals surface area contributed by atoms with E-state index in [0.29, 0.717) is 5.92 Å². The Kier molecular flexibility index (Phi) is 8.95. The van der Waals surface area contributed by atoms with Crippen molar-refractivity contribution in [3.05, 3.63) is 0 Å². The van der Waals surface area contributed by atoms with Gasteiger partial charge in [0.05, 0.1) is 0 Å². The van der Waals surface area contributed by atoms with Gasteiger partial charge < -0.3 is 10.2 Å². The first-order valence-electron chi connectivity index (χ1n) is 5.06. The number of aliphatic hydroxyl groups is 2. The molecule has 2 N–H and O–H groups in total. The molecule has 0 bridgehead atoms. The zero-order chi connectivity index (χ0) is 9.23. The average molecular weight is 174 g/mol. The lowest BCUT2D eigenvalue weighted by atomic mass is 9.99. The van der Waals surface area contributed by atoms with Gasteiger partial charge in [-0.05, 0) is 18.8 Å². The predicted octanol–water partition coefficient (Wildman–Crippen LogP) is 1.95. The van der Waals surface area contributed by atoms with Crippen molar-refractivity contribution in [1.29, 1.82) is 0 Å². The topological polar surface area (TPSA) is 40.5 Å². The summed E-state index contributed by atoms with van der Waals surface area (Å²) in [5.74, 6) is 0.326. The quantitative estimate of drug-likeness (QED) is 0.552. The van der Waals surface area contributed by atoms with Gasteiger partial charge in [-0.1, -0.05) is 32.6 Å². The lowest BCUT2D eigenvalue weighted by molar-refractivity contribution is 0.174. The van der Waals surface area contributed by atoms with Crippen LogP contribution >= 0.6 is 0 Å². The Labute approximate surface area is 75.6 Å². The van der Waals surface area contributed by atoms with Crippen LogP contribution in [0.15, 0.2) is 0 Å². The maximum absolute atomic E-state index is 8.90. The second kappa shape index (κ2) is 9.01. The van der Waals surface area contributed by atoms with Crippen LogP contribution in [-0.4, -0.2) is 23.4 Å². The summed E-state index contributed by atoms with van der Waals surface area (Å²) in [6.45, 7) is 2.63. The van der Waals surface area contributed by atoms with Crippen LogP contribution in [0.2, 0.25) is 0 Å². The van der Waals surface area contributed by atoms with Crippen molar-refractivity contribution in [1.82, 2.24) is 0 Å². The molecule has 0 radical (unpaired) electrons. The van der Waals surface area contributed by atoms with E-state index in [1.54, 1.807) is 0 Å². The molecule has 0 aliphatic carbocycles. The van der Waals surface area contributed by atoms with Gasteiger partial charge in [0.25, 0.3) is 0 Å². The standard InChI is InChI=1S/C10H22O2/c1-2-3-4-5-6-10(9-12)7-8-11/h10-12H,2-9H2,1H3. The van der Waals surface area contributed by atoms with Crippen molar-refractivity contribution >= 4 is 0 Å². The van der Waals surface area contributed by atoms with Crippen molar-refractivity contribution in [2.24, 2.45) is 5.92 Å². The third-order valence-corrected chi connectivity index (χ3v) is 2.26. The van der Waals surface area contributed by atoms with Gasteiger partial charge in [-0.3, -0.25) is 0 Å². The minimum absolute atomic E-state index is 0.207. The maximum atomic E-state index is 8.90. The third kappa shape index (κ3) is 6.62. The fourth-order valence-electron chi connectivity index (χ4n) is 1.37. The van der Waals surface area contributed by atoms with E-state index in [-0.39, 0.29) is 13.2 Å². The molecule has 74 valence electrons. The lowest BCUT2D eigenvalue weighted by Crippen LogP contribution is -2.07. The molecule has 0 heterocycles. The lowest BCUT2D eigenvalue weighted by Gasteiger charge is -2.11. The summed E-state index contributed by atoms with van der Waals surface area (Å²) in [5.41, 5.74) is 0. The van der Waals surface area contributed by atoms with Crippen LogP contribution in [0.4, 0.5) is 0 Å². The van der Waals surface area contributed by atoms with E-state index in [9.17, 15) is 0 Å². The van der Waals surface area contributed by atoms with E-state index in [0.717, 1.165) is 12.8 Å². The third-order valence-electron chi connectivity index (χ3n) is 2.26. The predicted molar refractivity (Wildman–Crippen MR) is 51.0 cm³/mol. The first kappa shape index (κ1) is 11.9. The zero-order valence-electron chi connectivity index (χ0n) is 8.13. The van der Waals surface area contributed by atoms with Crippen molar-refractivity contribution in [3.8, 4) is 0 Å². The molecule has 1 atom stereocenters. The van der Waals surface area contributed by atoms with E-state index in [1.807, 2.05) is 0 Å². The highest BCUT2D eigenvalue weighted by Crippen LogP contribution is 2.13. The highest BCUT2D eigenvalue weighted by atomic mass is 16.3. The molecule has 0 saturated carbocycles. The molecule has 0 aromatic heterocycles. The van der Waals surface area contributed by atoms with Gasteiger partial charge in [-0.2, -0.15) is 0 Å². The second-order valence-corrected chi connectivity index (χ2v) is 3.41. The molecule has 12 heavy (non-hydrogen) atoms. The fourth-order valence-corrected chi connectivity index (χ4v) is 1.37. The Balaban J connectivity index is 3.19. The van der Waals surface area contributed by atoms with Crippen molar-refractivity contribution < 1.29 is 10.2 Å². The molecule has 1 unspecified atom stereocenters. The van der Waals surface area contributed by atoms with Crippen LogP contribution < -0.4 is 0 Å². The van der Waals surface area contributed by atoms with E-state index < -0.39 is 0 Å². The molecule has 2 nitrogen and oxygen atoms in total. The molecule has 0 spiro atoms. The van der Waals surface area contributed by atoms with Gasteiger partial charge in [-0.25, -0.2) is 0 Å². The summed E-state index contributed by atoms with van der Waals surface area (Å²) in [6, 6.07) is 0. The highest BCUT2D eigenvalue weighted by Gasteiger charge is 2.05. The van der Waals surface area contributed by atoms with E-state index in [1.165, 1.54) is 25.7 Å². The van der Waals surface area contributed by atoms with Crippen LogP contribution in [-0.2, 0) is 0 Å². The molecule has 0 fully saturated rings. The molecule has 0 aromatic rings. The van der Waals surface area contributed by atoms with E-state index >= 15 is 0 Å². The van der Waals surface area contributed by atoms with Crippen LogP contribution in [0.5, 0.6) is 0 Å². The number of hydrogen-bond acceptors (Lipinski definition) is 2. The monoisotopic (exact) mass is 174 g/mol. The summed E-state index contributed by atoms with van der Waals surface area (Å²) in [4.78, 5) is 0. The van der Waals surface area contributed by atoms with Gasteiger partial charge in [0.1, 0.15) is 0 Å². The summed E-state index contributed by atoms with van der Waals surface area (Å²) in [5, 5.41) is 17.6. The Morgan fingerprint density at radius 3 is 2.25 bits per heavy atom. The van der Waals surface area contributed by atoms with Crippen LogP contribution in [0, 0.1) is 5.92 Å². The first-order chi connectivity index (χ1) is 5.85. The van der Waals surface area contributed by atoms with Crippen molar-refractivity contribution in [2.75, 3.05) is 13.2 Å². The molecule has 0 rings (SSSR count). The summed E-state index contributed by atoms with van der Waals surface area (Å²) in [7, 11) is 0. The Bertz CT molecular complexity index is 83.9. The Morgan fingerprint density at radius 1 is 1.00 bits per heavy atom. The van der Waals surface area contributed by atoms with Gasteiger partial charge in [-0.15, -0.1) is 0 Å². The van der Waals surface area contributed by atoms with Crippen LogP contribution in [0.25, 0.3) is 0 Å². The Hall–Kier alpha value is -0.0800. The number of rotatable bonds is 8. The zero-order valence-corrected chi connectivity index (χ0v) is 8.13. The molecule has 0 aromatic carbocycles. The summed E-state index contributed by atoms with van der Waals surface area (Å²) >= 11 is 0. The van der Waals surface area contributed by atoms with Gasteiger partial charge in [0, 0.05) is 13.2 Å². The van der Waals surface area contributed by atoms with E-state index in [2.05, 4.69) is 6.92 Å². The molecule has 0 saturated heterocycles. The average Bonchev–Trinajstić information content (AvgIpc) is 2.10. The van der Waals surface area contributed by atoms with Gasteiger partial charge in [0.15, 0.2) is 0 Å². The SMILES string of the molecule is CCCCCCC(CO)CCO. The van der Waals surface area contributed by atoms with Crippen LogP contribution in [0.3, 0.4) is 0 Å². The highest BCUT2D eigenvalue weighted by molar-refractivity contribution is 4.57. The van der Waals surface area contributed by atoms with Crippen LogP contribution in [0.1, 0.15) is 45.4 Å². The molecule has 0 aliphatic heterocycles. The molecule has 0 amide bonds. The van der Waals surface area contributed by atoms with Gasteiger partial charge >= 0.3 is 0 Å². The second-order valence-electron chi connectivity index (χ2n) is 3.41. The fraction of sp³-hybridized carbons (Fsp3) is 1.00. The molecule has 0 aliphatic rings. The normalized spacial score (nSPS) is 13.2. The molecule has 2 heteroatoms. The Morgan fingerprint density at radius 2 is 1.75 bits per heavy atom. The molecular formula is C10H22O2. The number of hydrogen-bond donors (Lipinski definition) is 2. The minimum atomic E-state index is 0.207. The smallest absolute Gasteiger partial charge is 0.0460 e. The van der Waals surface area contributed by atoms with Crippen molar-refractivity contribution in [3.63, 3.8) is 0 Å². The number of aliphatic hydroxyl groups excluding tert-OH is 2. The van der Waals surface area contributed by atoms with E-state index in [4.69, 9.17) is 10.2 Å². The van der Waals surface area contributed by atoms with Gasteiger partial charge in [0.2, 0.25) is 0 Å². The molecular weight excluding hydrogens is 152 g/mol. The summed E-state index contributed by atoms with van der Waals surface area (Å²) in [6.07, 6.45) is 6.82. The first-order valence-corrected chi connectivity index (χ1v) is 5.06. The van der Waals surface area contributed by atoms with Crippen molar-refractivity contribution in [2.45, 2.75) is 45.4 Å². The largest absolute Gasteiger partial charge is 0.396 e. The minimum Gasteiger partial charge on any atom is -0.396 e. The number of unbranched alkanes of at least 4 members (excludes halogenated alkanes) is 3. The maximum Gasteiger partial charge on any atom is 0.0460 e. The summed E-state index contributed by atoms with van der Waals surface area (Å²) < 4.78 is 0.